The number of ether oxygens (including phenoxy) is 3. The number of rotatable bonds is 9. The van der Waals surface area contributed by atoms with Crippen LogP contribution in [0.25, 0.3) is 11.0 Å². The Labute approximate surface area is 203 Å². The molecule has 1 aromatic heterocycles. The Bertz CT molecular complexity index is 1310. The third-order valence-electron chi connectivity index (χ3n) is 6.02. The van der Waals surface area contributed by atoms with E-state index in [4.69, 9.17) is 18.6 Å². The number of likely N-dealkylation sites (N-methyl/N-ethyl adjacent to an activating group) is 1. The van der Waals surface area contributed by atoms with Gasteiger partial charge in [-0.05, 0) is 44.4 Å². The molecule has 1 unspecified atom stereocenters. The zero-order valence-corrected chi connectivity index (χ0v) is 20.3. The summed E-state index contributed by atoms with van der Waals surface area (Å²) in [6, 6.07) is 11.1. The maximum Gasteiger partial charge on any atom is 0.290 e. The lowest BCUT2D eigenvalue weighted by Gasteiger charge is -2.29. The van der Waals surface area contributed by atoms with Crippen molar-refractivity contribution in [3.8, 4) is 17.2 Å². The third kappa shape index (κ3) is 4.30. The molecule has 2 heterocycles. The molecule has 1 N–H and O–H groups in total. The van der Waals surface area contributed by atoms with E-state index in [-0.39, 0.29) is 17.9 Å². The Morgan fingerprint density at radius 1 is 1.06 bits per heavy atom. The quantitative estimate of drug-likeness (QED) is 0.464. The number of carbonyl (C=O) groups is 2. The number of benzene rings is 2. The van der Waals surface area contributed by atoms with Crippen LogP contribution in [0.15, 0.2) is 58.2 Å². The molecule has 9 nitrogen and oxygen atoms in total. The zero-order valence-electron chi connectivity index (χ0n) is 20.3. The molecule has 0 saturated heterocycles. The van der Waals surface area contributed by atoms with E-state index in [0.717, 1.165) is 0 Å². The molecule has 0 fully saturated rings. The number of hydrogen-bond acceptors (Lipinski definition) is 8. The SMILES string of the molecule is COc1ccc(OC)c(C2C(C(=O)c3cc4cccc(OC)c4o3)=C(O)C(=O)N2CCN(C)C)c1. The lowest BCUT2D eigenvalue weighted by atomic mass is 9.94. The molecule has 0 bridgehead atoms. The normalized spacial score (nSPS) is 15.9. The van der Waals surface area contributed by atoms with Crippen molar-refractivity contribution < 1.29 is 33.3 Å². The lowest BCUT2D eigenvalue weighted by molar-refractivity contribution is -0.129. The first-order chi connectivity index (χ1) is 16.8. The highest BCUT2D eigenvalue weighted by molar-refractivity contribution is 6.16. The summed E-state index contributed by atoms with van der Waals surface area (Å²) in [5.41, 5.74) is 0.834. The summed E-state index contributed by atoms with van der Waals surface area (Å²) < 4.78 is 22.1. The van der Waals surface area contributed by atoms with Gasteiger partial charge in [-0.3, -0.25) is 9.59 Å². The lowest BCUT2D eigenvalue weighted by Crippen LogP contribution is -2.36. The Morgan fingerprint density at radius 3 is 2.46 bits per heavy atom. The topological polar surface area (TPSA) is 102 Å². The summed E-state index contributed by atoms with van der Waals surface area (Å²) in [7, 11) is 8.29. The van der Waals surface area contributed by atoms with Gasteiger partial charge in [0, 0.05) is 24.0 Å². The molecule has 0 saturated carbocycles. The van der Waals surface area contributed by atoms with Crippen LogP contribution in [-0.4, -0.2) is 75.1 Å². The summed E-state index contributed by atoms with van der Waals surface area (Å²) in [5, 5.41) is 11.6. The first-order valence-corrected chi connectivity index (χ1v) is 11.0. The van der Waals surface area contributed by atoms with Crippen molar-refractivity contribution in [1.82, 2.24) is 9.80 Å². The fourth-order valence-electron chi connectivity index (χ4n) is 4.24. The number of hydrogen-bond donors (Lipinski definition) is 1. The maximum atomic E-state index is 13.8. The number of methoxy groups -OCH3 is 3. The number of nitrogens with zero attached hydrogens (tertiary/aromatic N) is 2. The van der Waals surface area contributed by atoms with Crippen molar-refractivity contribution >= 4 is 22.7 Å². The first kappa shape index (κ1) is 24.2. The molecule has 184 valence electrons. The number of furan rings is 1. The maximum absolute atomic E-state index is 13.8. The van der Waals surface area contributed by atoms with Crippen LogP contribution in [0.5, 0.6) is 17.2 Å². The number of aliphatic hydroxyl groups excluding tert-OH is 1. The number of fused-ring (bicyclic) bond motifs is 1. The second kappa shape index (κ2) is 9.71. The van der Waals surface area contributed by atoms with Gasteiger partial charge < -0.3 is 33.5 Å². The van der Waals surface area contributed by atoms with Crippen LogP contribution in [0, 0.1) is 0 Å². The Kier molecular flexibility index (Phi) is 6.70. The number of Topliss-reactive ketones (excluding diaryl/α,β-unsaturated/α-hetero) is 1. The van der Waals surface area contributed by atoms with Crippen molar-refractivity contribution in [2.24, 2.45) is 0 Å². The van der Waals surface area contributed by atoms with Crippen molar-refractivity contribution in [3.63, 3.8) is 0 Å². The highest BCUT2D eigenvalue weighted by Gasteiger charge is 2.45. The smallest absolute Gasteiger partial charge is 0.290 e. The Morgan fingerprint density at radius 2 is 1.80 bits per heavy atom. The largest absolute Gasteiger partial charge is 0.503 e. The molecule has 9 heteroatoms. The van der Waals surface area contributed by atoms with Gasteiger partial charge >= 0.3 is 0 Å². The summed E-state index contributed by atoms with van der Waals surface area (Å²) in [6.45, 7) is 0.788. The van der Waals surface area contributed by atoms with E-state index in [9.17, 15) is 14.7 Å². The van der Waals surface area contributed by atoms with Gasteiger partial charge in [0.2, 0.25) is 5.78 Å². The molecule has 35 heavy (non-hydrogen) atoms. The first-order valence-electron chi connectivity index (χ1n) is 11.0. The second-order valence-electron chi connectivity index (χ2n) is 8.39. The van der Waals surface area contributed by atoms with E-state index in [0.29, 0.717) is 40.3 Å². The predicted octanol–water partition coefficient (Wildman–Crippen LogP) is 3.60. The van der Waals surface area contributed by atoms with Crippen molar-refractivity contribution in [3.05, 3.63) is 65.1 Å². The van der Waals surface area contributed by atoms with E-state index < -0.39 is 23.5 Å². The van der Waals surface area contributed by atoms with E-state index in [1.807, 2.05) is 19.0 Å². The summed E-state index contributed by atoms with van der Waals surface area (Å²) in [4.78, 5) is 30.4. The van der Waals surface area contributed by atoms with Crippen LogP contribution >= 0.6 is 0 Å². The van der Waals surface area contributed by atoms with Crippen molar-refractivity contribution in [2.75, 3.05) is 48.5 Å². The zero-order chi connectivity index (χ0) is 25.3. The molecule has 1 aliphatic rings. The fourth-order valence-corrected chi connectivity index (χ4v) is 4.24. The Hall–Kier alpha value is -3.98. The minimum absolute atomic E-state index is 0.0137. The number of carbonyl (C=O) groups excluding carboxylic acids is 2. The standard InChI is InChI=1S/C26H28N2O7/c1-27(2)11-12-28-22(17-14-16(32-3)9-10-18(17)33-4)21(24(30)26(28)31)23(29)20-13-15-7-6-8-19(34-5)25(15)35-20/h6-10,13-14,22,30H,11-12H2,1-5H3. The number of ketones is 1. The van der Waals surface area contributed by atoms with Gasteiger partial charge in [0.1, 0.15) is 11.5 Å². The van der Waals surface area contributed by atoms with Gasteiger partial charge in [-0.1, -0.05) is 12.1 Å². The minimum atomic E-state index is -0.907. The average Bonchev–Trinajstić information content (AvgIpc) is 3.41. The summed E-state index contributed by atoms with van der Waals surface area (Å²) >= 11 is 0. The highest BCUT2D eigenvalue weighted by Crippen LogP contribution is 2.44. The van der Waals surface area contributed by atoms with Gasteiger partial charge in [0.15, 0.2) is 22.9 Å². The molecule has 1 atom stereocenters. The van der Waals surface area contributed by atoms with Gasteiger partial charge in [-0.25, -0.2) is 0 Å². The van der Waals surface area contributed by atoms with E-state index in [1.165, 1.54) is 26.2 Å². The van der Waals surface area contributed by atoms with Crippen LogP contribution < -0.4 is 14.2 Å². The van der Waals surface area contributed by atoms with Crippen LogP contribution in [0.1, 0.15) is 22.2 Å². The van der Waals surface area contributed by atoms with E-state index in [2.05, 4.69) is 0 Å². The summed E-state index contributed by atoms with van der Waals surface area (Å²) in [5.74, 6) is -0.426. The monoisotopic (exact) mass is 480 g/mol. The van der Waals surface area contributed by atoms with Gasteiger partial charge in [0.05, 0.1) is 32.9 Å². The van der Waals surface area contributed by atoms with Gasteiger partial charge in [-0.2, -0.15) is 0 Å². The average molecular weight is 481 g/mol. The fraction of sp³-hybridized carbons (Fsp3) is 0.308. The molecule has 0 spiro atoms. The second-order valence-corrected chi connectivity index (χ2v) is 8.39. The number of aliphatic hydroxyl groups is 1. The van der Waals surface area contributed by atoms with Gasteiger partial charge in [-0.15, -0.1) is 0 Å². The van der Waals surface area contributed by atoms with Crippen molar-refractivity contribution in [1.29, 1.82) is 0 Å². The number of amides is 1. The van der Waals surface area contributed by atoms with Crippen molar-refractivity contribution in [2.45, 2.75) is 6.04 Å². The molecule has 0 radical (unpaired) electrons. The van der Waals surface area contributed by atoms with Crippen LogP contribution in [0.2, 0.25) is 0 Å². The predicted molar refractivity (Wildman–Crippen MR) is 129 cm³/mol. The molecule has 1 amide bonds. The molecule has 0 aliphatic carbocycles. The van der Waals surface area contributed by atoms with Crippen LogP contribution in [-0.2, 0) is 4.79 Å². The minimum Gasteiger partial charge on any atom is -0.503 e. The highest BCUT2D eigenvalue weighted by atomic mass is 16.5. The molecular formula is C26H28N2O7. The summed E-state index contributed by atoms with van der Waals surface area (Å²) in [6.07, 6.45) is 0. The molecule has 2 aromatic carbocycles. The van der Waals surface area contributed by atoms with E-state index >= 15 is 0 Å². The van der Waals surface area contributed by atoms with E-state index in [1.54, 1.807) is 42.5 Å². The molecule has 1 aliphatic heterocycles. The number of para-hydroxylation sites is 1. The Balaban J connectivity index is 1.86. The van der Waals surface area contributed by atoms with Gasteiger partial charge in [0.25, 0.3) is 5.91 Å². The molecule has 4 rings (SSSR count). The molecular weight excluding hydrogens is 452 g/mol. The van der Waals surface area contributed by atoms with Crippen LogP contribution in [0.3, 0.4) is 0 Å². The van der Waals surface area contributed by atoms with Crippen LogP contribution in [0.4, 0.5) is 0 Å². The molecule has 3 aromatic rings. The third-order valence-corrected chi connectivity index (χ3v) is 6.02.